The molecule has 0 spiro atoms. The Morgan fingerprint density at radius 1 is 1.35 bits per heavy atom. The molecule has 0 aliphatic carbocycles. The van der Waals surface area contributed by atoms with Crippen molar-refractivity contribution in [3.63, 3.8) is 0 Å². The fourth-order valence-electron chi connectivity index (χ4n) is 2.83. The molecule has 2 rings (SSSR count). The Kier molecular flexibility index (Phi) is 6.71. The normalized spacial score (nSPS) is 17.8. The zero-order chi connectivity index (χ0) is 16.7. The second kappa shape index (κ2) is 8.77. The Hall–Kier alpha value is -1.75. The van der Waals surface area contributed by atoms with Gasteiger partial charge in [-0.25, -0.2) is 0 Å². The van der Waals surface area contributed by atoms with E-state index in [0.29, 0.717) is 36.8 Å². The molecule has 6 heteroatoms. The van der Waals surface area contributed by atoms with Crippen LogP contribution in [0.25, 0.3) is 0 Å². The molecule has 1 aromatic rings. The number of nitrogens with zero attached hydrogens (tertiary/aromatic N) is 1. The van der Waals surface area contributed by atoms with Gasteiger partial charge in [0.1, 0.15) is 5.75 Å². The van der Waals surface area contributed by atoms with Crippen molar-refractivity contribution < 1.29 is 19.4 Å². The van der Waals surface area contributed by atoms with E-state index in [1.54, 1.807) is 24.3 Å². The molecule has 0 radical (unpaired) electrons. The minimum Gasteiger partial charge on any atom is -0.493 e. The SMILES string of the molecule is O=C(O)CCC1CCCN(C(=O)CCOc2cccc(Cl)c2)C1. The average molecular weight is 340 g/mol. The maximum Gasteiger partial charge on any atom is 0.303 e. The lowest BCUT2D eigenvalue weighted by Crippen LogP contribution is -2.40. The summed E-state index contributed by atoms with van der Waals surface area (Å²) in [6.45, 7) is 1.72. The predicted octanol–water partition coefficient (Wildman–Crippen LogP) is 3.21. The summed E-state index contributed by atoms with van der Waals surface area (Å²) in [5.41, 5.74) is 0. The molecule has 1 atom stereocenters. The lowest BCUT2D eigenvalue weighted by molar-refractivity contribution is -0.137. The van der Waals surface area contributed by atoms with Crippen molar-refractivity contribution in [2.24, 2.45) is 5.92 Å². The van der Waals surface area contributed by atoms with Crippen molar-refractivity contribution >= 4 is 23.5 Å². The van der Waals surface area contributed by atoms with Crippen LogP contribution in [-0.4, -0.2) is 41.6 Å². The van der Waals surface area contributed by atoms with E-state index < -0.39 is 5.97 Å². The number of ether oxygens (including phenoxy) is 1. The number of amides is 1. The van der Waals surface area contributed by atoms with E-state index >= 15 is 0 Å². The first-order valence-electron chi connectivity index (χ1n) is 7.92. The molecule has 126 valence electrons. The number of rotatable bonds is 7. The van der Waals surface area contributed by atoms with Gasteiger partial charge in [0.15, 0.2) is 0 Å². The maximum absolute atomic E-state index is 12.2. The average Bonchev–Trinajstić information content (AvgIpc) is 2.53. The van der Waals surface area contributed by atoms with Crippen molar-refractivity contribution in [1.82, 2.24) is 4.90 Å². The fraction of sp³-hybridized carbons (Fsp3) is 0.529. The molecular weight excluding hydrogens is 318 g/mol. The van der Waals surface area contributed by atoms with Gasteiger partial charge in [-0.15, -0.1) is 0 Å². The lowest BCUT2D eigenvalue weighted by atomic mass is 9.93. The van der Waals surface area contributed by atoms with Gasteiger partial charge in [-0.2, -0.15) is 0 Å². The fourth-order valence-corrected chi connectivity index (χ4v) is 3.01. The Morgan fingerprint density at radius 3 is 2.91 bits per heavy atom. The van der Waals surface area contributed by atoms with Crippen LogP contribution in [0.15, 0.2) is 24.3 Å². The second-order valence-electron chi connectivity index (χ2n) is 5.84. The van der Waals surface area contributed by atoms with Crippen molar-refractivity contribution in [2.75, 3.05) is 19.7 Å². The maximum atomic E-state index is 12.2. The molecule has 0 saturated carbocycles. The Bertz CT molecular complexity index is 549. The van der Waals surface area contributed by atoms with Crippen molar-refractivity contribution in [1.29, 1.82) is 0 Å². The number of carbonyl (C=O) groups excluding carboxylic acids is 1. The molecule has 1 N–H and O–H groups in total. The Morgan fingerprint density at radius 2 is 2.17 bits per heavy atom. The van der Waals surface area contributed by atoms with E-state index in [1.807, 2.05) is 4.90 Å². The van der Waals surface area contributed by atoms with Crippen LogP contribution in [0.1, 0.15) is 32.1 Å². The van der Waals surface area contributed by atoms with E-state index in [-0.39, 0.29) is 18.2 Å². The molecule has 0 bridgehead atoms. The predicted molar refractivity (Wildman–Crippen MR) is 87.7 cm³/mol. The number of benzene rings is 1. The summed E-state index contributed by atoms with van der Waals surface area (Å²) < 4.78 is 5.54. The van der Waals surface area contributed by atoms with Crippen LogP contribution in [-0.2, 0) is 9.59 Å². The summed E-state index contributed by atoms with van der Waals surface area (Å²) in [4.78, 5) is 24.7. The third kappa shape index (κ3) is 6.10. The highest BCUT2D eigenvalue weighted by Gasteiger charge is 2.23. The Balaban J connectivity index is 1.73. The van der Waals surface area contributed by atoms with E-state index in [4.69, 9.17) is 21.4 Å². The minimum atomic E-state index is -0.775. The van der Waals surface area contributed by atoms with Gasteiger partial charge < -0.3 is 14.7 Å². The number of halogens is 1. The van der Waals surface area contributed by atoms with Crippen LogP contribution in [0.2, 0.25) is 5.02 Å². The number of carboxylic acids is 1. The number of hydrogen-bond donors (Lipinski definition) is 1. The van der Waals surface area contributed by atoms with Crippen LogP contribution in [0.3, 0.4) is 0 Å². The largest absolute Gasteiger partial charge is 0.493 e. The molecular formula is C17H22ClNO4. The summed E-state index contributed by atoms with van der Waals surface area (Å²) in [6, 6.07) is 7.09. The van der Waals surface area contributed by atoms with Crippen LogP contribution in [0, 0.1) is 5.92 Å². The van der Waals surface area contributed by atoms with Crippen LogP contribution in [0.5, 0.6) is 5.75 Å². The third-order valence-electron chi connectivity index (χ3n) is 4.02. The van der Waals surface area contributed by atoms with E-state index in [1.165, 1.54) is 0 Å². The highest BCUT2D eigenvalue weighted by molar-refractivity contribution is 6.30. The Labute approximate surface area is 141 Å². The number of likely N-dealkylation sites (tertiary alicyclic amines) is 1. The smallest absolute Gasteiger partial charge is 0.303 e. The van der Waals surface area contributed by atoms with E-state index in [2.05, 4.69) is 0 Å². The van der Waals surface area contributed by atoms with E-state index in [9.17, 15) is 9.59 Å². The summed E-state index contributed by atoms with van der Waals surface area (Å²) in [7, 11) is 0. The summed E-state index contributed by atoms with van der Waals surface area (Å²) in [5, 5.41) is 9.36. The van der Waals surface area contributed by atoms with Gasteiger partial charge in [0, 0.05) is 24.5 Å². The number of carbonyl (C=O) groups is 2. The van der Waals surface area contributed by atoms with Crippen LogP contribution in [0.4, 0.5) is 0 Å². The van der Waals surface area contributed by atoms with Crippen molar-refractivity contribution in [3.8, 4) is 5.75 Å². The first kappa shape index (κ1) is 17.6. The molecule has 23 heavy (non-hydrogen) atoms. The molecule has 1 fully saturated rings. The van der Waals surface area contributed by atoms with Crippen molar-refractivity contribution in [2.45, 2.75) is 32.1 Å². The van der Waals surface area contributed by atoms with E-state index in [0.717, 1.165) is 19.4 Å². The molecule has 1 heterocycles. The van der Waals surface area contributed by atoms with Crippen LogP contribution < -0.4 is 4.74 Å². The molecule has 1 aliphatic heterocycles. The zero-order valence-electron chi connectivity index (χ0n) is 13.0. The van der Waals surface area contributed by atoms with Crippen LogP contribution >= 0.6 is 11.6 Å². The third-order valence-corrected chi connectivity index (χ3v) is 4.25. The van der Waals surface area contributed by atoms with Gasteiger partial charge in [-0.1, -0.05) is 17.7 Å². The van der Waals surface area contributed by atoms with Gasteiger partial charge >= 0.3 is 5.97 Å². The molecule has 1 aliphatic rings. The minimum absolute atomic E-state index is 0.0621. The molecule has 0 aromatic heterocycles. The highest BCUT2D eigenvalue weighted by atomic mass is 35.5. The second-order valence-corrected chi connectivity index (χ2v) is 6.27. The lowest BCUT2D eigenvalue weighted by Gasteiger charge is -2.32. The van der Waals surface area contributed by atoms with Gasteiger partial charge in [0.05, 0.1) is 13.0 Å². The number of hydrogen-bond acceptors (Lipinski definition) is 3. The number of carboxylic acid groups (broad SMARTS) is 1. The number of piperidine rings is 1. The quantitative estimate of drug-likeness (QED) is 0.828. The van der Waals surface area contributed by atoms with Crippen molar-refractivity contribution in [3.05, 3.63) is 29.3 Å². The topological polar surface area (TPSA) is 66.8 Å². The molecule has 1 aromatic carbocycles. The summed E-state index contributed by atoms with van der Waals surface area (Å²) >= 11 is 5.88. The summed E-state index contributed by atoms with van der Waals surface area (Å²) in [5.74, 6) is 0.233. The van der Waals surface area contributed by atoms with Gasteiger partial charge in [-0.3, -0.25) is 9.59 Å². The molecule has 1 unspecified atom stereocenters. The molecule has 1 saturated heterocycles. The standard InChI is InChI=1S/C17H22ClNO4/c18-14-4-1-5-15(11-14)23-10-8-16(20)19-9-2-3-13(12-19)6-7-17(21)22/h1,4-5,11,13H,2-3,6-10,12H2,(H,21,22). The van der Waals surface area contributed by atoms with Gasteiger partial charge in [0.2, 0.25) is 5.91 Å². The first-order valence-corrected chi connectivity index (χ1v) is 8.30. The molecule has 1 amide bonds. The van der Waals surface area contributed by atoms with Gasteiger partial charge in [-0.05, 0) is 43.4 Å². The van der Waals surface area contributed by atoms with Gasteiger partial charge in [0.25, 0.3) is 0 Å². The number of aliphatic carboxylic acids is 1. The zero-order valence-corrected chi connectivity index (χ0v) is 13.8. The highest BCUT2D eigenvalue weighted by Crippen LogP contribution is 2.22. The monoisotopic (exact) mass is 339 g/mol. The summed E-state index contributed by atoms with van der Waals surface area (Å²) in [6.07, 6.45) is 3.06. The molecule has 5 nitrogen and oxygen atoms in total. The first-order chi connectivity index (χ1) is 11.0.